The third-order valence-electron chi connectivity index (χ3n) is 2.51. The predicted octanol–water partition coefficient (Wildman–Crippen LogP) is 1.12. The van der Waals surface area contributed by atoms with Gasteiger partial charge in [0.2, 0.25) is 30.7 Å². The molecule has 0 aliphatic rings. The molecule has 108 valence electrons. The van der Waals surface area contributed by atoms with E-state index in [0.717, 1.165) is 0 Å². The number of hydrogen-bond donors (Lipinski definition) is 0. The van der Waals surface area contributed by atoms with Gasteiger partial charge in [0.15, 0.2) is 0 Å². The summed E-state index contributed by atoms with van der Waals surface area (Å²) in [5.41, 5.74) is 0.537. The lowest BCUT2D eigenvalue weighted by atomic mass is 10.2. The van der Waals surface area contributed by atoms with E-state index in [1.165, 1.54) is 24.3 Å². The molecule has 0 radical (unpaired) electrons. The van der Waals surface area contributed by atoms with Crippen LogP contribution in [0.3, 0.4) is 0 Å². The molecule has 2 aromatic rings. The van der Waals surface area contributed by atoms with Crippen LogP contribution in [0.15, 0.2) is 60.7 Å². The highest BCUT2D eigenvalue weighted by Crippen LogP contribution is 2.07. The van der Waals surface area contributed by atoms with Gasteiger partial charge in [0.05, 0.1) is 0 Å². The molecule has 0 bridgehead atoms. The molecule has 0 aliphatic heterocycles. The van der Waals surface area contributed by atoms with Crippen molar-refractivity contribution in [2.75, 3.05) is 0 Å². The van der Waals surface area contributed by atoms with Gasteiger partial charge in [-0.15, -0.1) is 0 Å². The van der Waals surface area contributed by atoms with Crippen LogP contribution in [0.25, 0.3) is 0 Å². The van der Waals surface area contributed by atoms with Crippen molar-refractivity contribution in [2.45, 2.75) is 0 Å². The van der Waals surface area contributed by atoms with E-state index < -0.39 is 30.7 Å². The van der Waals surface area contributed by atoms with Gasteiger partial charge in [-0.2, -0.15) is 16.8 Å². The molecular formula is C14H10O5S2. The van der Waals surface area contributed by atoms with Crippen molar-refractivity contribution in [1.82, 2.24) is 0 Å². The van der Waals surface area contributed by atoms with Crippen molar-refractivity contribution in [3.05, 3.63) is 71.8 Å². The lowest BCUT2D eigenvalue weighted by Crippen LogP contribution is -2.16. The molecular weight excluding hydrogens is 312 g/mol. The maximum atomic E-state index is 11.3. The van der Waals surface area contributed by atoms with Gasteiger partial charge in [-0.3, -0.25) is 4.74 Å². The molecule has 2 rings (SSSR count). The molecule has 5 nitrogen and oxygen atoms in total. The zero-order valence-corrected chi connectivity index (χ0v) is 12.3. The molecule has 0 spiro atoms. The fourth-order valence-electron chi connectivity index (χ4n) is 1.61. The van der Waals surface area contributed by atoms with Gasteiger partial charge in [-0.05, 0) is 0 Å². The van der Waals surface area contributed by atoms with Crippen molar-refractivity contribution >= 4 is 30.7 Å². The highest BCUT2D eigenvalue weighted by atomic mass is 32.2. The average molecular weight is 322 g/mol. The van der Waals surface area contributed by atoms with Crippen molar-refractivity contribution in [1.29, 1.82) is 0 Å². The Hall–Kier alpha value is -2.22. The first kappa shape index (κ1) is 15.2. The van der Waals surface area contributed by atoms with Crippen molar-refractivity contribution < 1.29 is 21.6 Å². The Bertz CT molecular complexity index is 803. The maximum Gasteiger partial charge on any atom is 0.246 e. The molecule has 2 aromatic carbocycles. The van der Waals surface area contributed by atoms with Crippen LogP contribution in [0.1, 0.15) is 11.1 Å². The summed E-state index contributed by atoms with van der Waals surface area (Å²) < 4.78 is 50.4. The average Bonchev–Trinajstić information content (AvgIpc) is 2.49. The topological polar surface area (TPSA) is 77.5 Å². The Morgan fingerprint density at radius 1 is 0.619 bits per heavy atom. The van der Waals surface area contributed by atoms with Crippen LogP contribution >= 0.6 is 0 Å². The second kappa shape index (κ2) is 6.98. The highest BCUT2D eigenvalue weighted by Gasteiger charge is 2.14. The summed E-state index contributed by atoms with van der Waals surface area (Å²) in [6, 6.07) is 16.0. The van der Waals surface area contributed by atoms with Crippen LogP contribution in [0, 0.1) is 0 Å². The number of benzene rings is 2. The molecule has 0 heterocycles. The van der Waals surface area contributed by atoms with Crippen LogP contribution < -0.4 is 0 Å². The van der Waals surface area contributed by atoms with E-state index in [1.54, 1.807) is 36.4 Å². The van der Waals surface area contributed by atoms with Gasteiger partial charge in [0.25, 0.3) is 0 Å². The minimum absolute atomic E-state index is 0.268. The Labute approximate surface area is 124 Å². The SMILES string of the molecule is O=S(=O)=C(OC(c1ccccc1)=S(=O)=O)c1ccccc1. The van der Waals surface area contributed by atoms with E-state index in [-0.39, 0.29) is 11.1 Å². The first-order valence-electron chi connectivity index (χ1n) is 5.80. The summed E-state index contributed by atoms with van der Waals surface area (Å²) in [5.74, 6) is 0. The monoisotopic (exact) mass is 322 g/mol. The van der Waals surface area contributed by atoms with Crippen molar-refractivity contribution in [2.24, 2.45) is 0 Å². The fourth-order valence-corrected chi connectivity index (χ4v) is 2.62. The van der Waals surface area contributed by atoms with Crippen LogP contribution in [0.5, 0.6) is 0 Å². The quantitative estimate of drug-likeness (QED) is 0.774. The summed E-state index contributed by atoms with van der Waals surface area (Å²) in [5, 5.41) is -0.891. The molecule has 0 saturated heterocycles. The number of hydrogen-bond acceptors (Lipinski definition) is 5. The molecule has 0 aliphatic carbocycles. The summed E-state index contributed by atoms with van der Waals surface area (Å²) >= 11 is 0. The van der Waals surface area contributed by atoms with Gasteiger partial charge in [0.1, 0.15) is 0 Å². The third-order valence-corrected chi connectivity index (χ3v) is 3.75. The molecule has 0 unspecified atom stereocenters. The highest BCUT2D eigenvalue weighted by molar-refractivity contribution is 7.74. The molecule has 21 heavy (non-hydrogen) atoms. The van der Waals surface area contributed by atoms with Crippen LogP contribution in [0.2, 0.25) is 0 Å². The smallest absolute Gasteiger partial charge is 0.246 e. The van der Waals surface area contributed by atoms with E-state index in [9.17, 15) is 16.8 Å². The second-order valence-electron chi connectivity index (χ2n) is 3.88. The minimum atomic E-state index is -2.71. The maximum absolute atomic E-state index is 11.3. The van der Waals surface area contributed by atoms with Gasteiger partial charge in [-0.25, -0.2) is 0 Å². The second-order valence-corrected chi connectivity index (χ2v) is 5.56. The summed E-state index contributed by atoms with van der Waals surface area (Å²) in [6.45, 7) is 0. The molecule has 0 atom stereocenters. The Kier molecular flexibility index (Phi) is 5.04. The van der Waals surface area contributed by atoms with E-state index >= 15 is 0 Å². The first-order chi connectivity index (χ1) is 10.1. The normalized spacial score (nSPS) is 9.90. The van der Waals surface area contributed by atoms with E-state index in [2.05, 4.69) is 0 Å². The molecule has 0 amide bonds. The van der Waals surface area contributed by atoms with Crippen LogP contribution in [-0.2, 0) is 25.3 Å². The minimum Gasteiger partial charge on any atom is -0.277 e. The largest absolute Gasteiger partial charge is 0.277 e. The lowest BCUT2D eigenvalue weighted by Gasteiger charge is -2.05. The fraction of sp³-hybridized carbons (Fsp3) is 0. The van der Waals surface area contributed by atoms with Gasteiger partial charge < -0.3 is 0 Å². The predicted molar refractivity (Wildman–Crippen MR) is 80.0 cm³/mol. The Morgan fingerprint density at radius 3 is 1.24 bits per heavy atom. The first-order valence-corrected chi connectivity index (χ1v) is 7.95. The standard InChI is InChI=1S/C14H10O5S2/c15-20(16)13(11-7-3-1-4-8-11)19-14(21(17)18)12-9-5-2-6-10-12/h1-10H. The Morgan fingerprint density at radius 2 is 0.952 bits per heavy atom. The zero-order chi connectivity index (χ0) is 15.2. The molecule has 7 heteroatoms. The molecule has 0 N–H and O–H groups in total. The van der Waals surface area contributed by atoms with Gasteiger partial charge >= 0.3 is 0 Å². The number of ether oxygens (including phenoxy) is 1. The van der Waals surface area contributed by atoms with E-state index in [4.69, 9.17) is 4.74 Å². The summed E-state index contributed by atoms with van der Waals surface area (Å²) in [7, 11) is -5.43. The number of rotatable bonds is 2. The molecule has 0 fully saturated rings. The molecule has 0 saturated carbocycles. The Balaban J connectivity index is 2.52. The van der Waals surface area contributed by atoms with E-state index in [1.807, 2.05) is 0 Å². The van der Waals surface area contributed by atoms with Crippen molar-refractivity contribution in [3.8, 4) is 0 Å². The molecule has 0 aromatic heterocycles. The van der Waals surface area contributed by atoms with E-state index in [0.29, 0.717) is 0 Å². The van der Waals surface area contributed by atoms with Crippen molar-refractivity contribution in [3.63, 3.8) is 0 Å². The third kappa shape index (κ3) is 3.88. The zero-order valence-electron chi connectivity index (χ0n) is 10.6. The summed E-state index contributed by atoms with van der Waals surface area (Å²) in [4.78, 5) is 0. The van der Waals surface area contributed by atoms with Crippen LogP contribution in [-0.4, -0.2) is 26.9 Å². The van der Waals surface area contributed by atoms with Gasteiger partial charge in [-0.1, -0.05) is 60.7 Å². The lowest BCUT2D eigenvalue weighted by molar-refractivity contribution is 0.560. The van der Waals surface area contributed by atoms with Crippen LogP contribution in [0.4, 0.5) is 0 Å². The summed E-state index contributed by atoms with van der Waals surface area (Å²) in [6.07, 6.45) is 0. The van der Waals surface area contributed by atoms with Gasteiger partial charge in [0, 0.05) is 11.1 Å².